The molecule has 2 rings (SSSR count). The molecular formula is C21H22BrNO5. The van der Waals surface area contributed by atoms with Gasteiger partial charge in [0.2, 0.25) is 5.91 Å². The maximum atomic E-state index is 12.4. The van der Waals surface area contributed by atoms with Crippen molar-refractivity contribution in [2.24, 2.45) is 0 Å². The number of anilines is 1. The maximum Gasteiger partial charge on any atom is 0.338 e. The van der Waals surface area contributed by atoms with Gasteiger partial charge in [-0.05, 0) is 43.7 Å². The number of hydrogen-bond donors (Lipinski definition) is 1. The Morgan fingerprint density at radius 3 is 2.25 bits per heavy atom. The van der Waals surface area contributed by atoms with Gasteiger partial charge in [-0.1, -0.05) is 35.0 Å². The lowest BCUT2D eigenvalue weighted by Crippen LogP contribution is -2.12. The number of esters is 2. The number of hydrogen-bond acceptors (Lipinski definition) is 5. The first kappa shape index (κ1) is 21.6. The highest BCUT2D eigenvalue weighted by Crippen LogP contribution is 2.22. The molecule has 0 spiro atoms. The number of ether oxygens (including phenoxy) is 2. The van der Waals surface area contributed by atoms with Crippen LogP contribution in [-0.4, -0.2) is 24.5 Å². The minimum Gasteiger partial charge on any atom is -0.462 e. The van der Waals surface area contributed by atoms with E-state index < -0.39 is 11.9 Å². The number of carbonyl (C=O) groups is 3. The third kappa shape index (κ3) is 5.66. The van der Waals surface area contributed by atoms with Crippen LogP contribution < -0.4 is 5.32 Å². The van der Waals surface area contributed by atoms with Crippen molar-refractivity contribution < 1.29 is 23.9 Å². The minimum atomic E-state index is -0.506. The number of carbonyl (C=O) groups excluding carboxylic acids is 3. The normalized spacial score (nSPS) is 10.3. The molecule has 1 N–H and O–H groups in total. The largest absolute Gasteiger partial charge is 0.462 e. The summed E-state index contributed by atoms with van der Waals surface area (Å²) in [5.74, 6) is -1.04. The van der Waals surface area contributed by atoms with Gasteiger partial charge in [-0.15, -0.1) is 0 Å². The van der Waals surface area contributed by atoms with Crippen LogP contribution in [0.5, 0.6) is 0 Å². The van der Waals surface area contributed by atoms with Crippen LogP contribution in [-0.2, 0) is 20.9 Å². The Bertz CT molecular complexity index is 894. The fourth-order valence-electron chi connectivity index (χ4n) is 2.35. The molecule has 0 bridgehead atoms. The van der Waals surface area contributed by atoms with Crippen LogP contribution in [0.2, 0.25) is 0 Å². The van der Waals surface area contributed by atoms with Crippen LogP contribution in [0.4, 0.5) is 5.69 Å². The Hall–Kier alpha value is -2.67. The Morgan fingerprint density at radius 1 is 0.964 bits per heavy atom. The zero-order valence-electron chi connectivity index (χ0n) is 16.0. The first-order valence-electron chi connectivity index (χ1n) is 8.88. The van der Waals surface area contributed by atoms with Crippen molar-refractivity contribution >= 4 is 39.5 Å². The summed E-state index contributed by atoms with van der Waals surface area (Å²) in [7, 11) is 0. The van der Waals surface area contributed by atoms with Gasteiger partial charge in [-0.2, -0.15) is 0 Å². The van der Waals surface area contributed by atoms with Gasteiger partial charge in [0.05, 0.1) is 17.7 Å². The number of nitrogens with one attached hydrogen (secondary N) is 1. The summed E-state index contributed by atoms with van der Waals surface area (Å²) in [6, 6.07) is 9.96. The van der Waals surface area contributed by atoms with E-state index in [1.807, 2.05) is 6.92 Å². The summed E-state index contributed by atoms with van der Waals surface area (Å²) in [5.41, 5.74) is 2.92. The first-order chi connectivity index (χ1) is 13.3. The van der Waals surface area contributed by atoms with Crippen LogP contribution in [0.25, 0.3) is 0 Å². The summed E-state index contributed by atoms with van der Waals surface area (Å²) >= 11 is 3.38. The maximum absolute atomic E-state index is 12.4. The molecule has 0 saturated carbocycles. The number of halogens is 1. The van der Waals surface area contributed by atoms with E-state index in [4.69, 9.17) is 9.47 Å². The van der Waals surface area contributed by atoms with Gasteiger partial charge in [0.1, 0.15) is 6.61 Å². The van der Waals surface area contributed by atoms with Gasteiger partial charge < -0.3 is 14.8 Å². The van der Waals surface area contributed by atoms with Gasteiger partial charge in [0.15, 0.2) is 0 Å². The van der Waals surface area contributed by atoms with Gasteiger partial charge in [-0.25, -0.2) is 9.59 Å². The molecule has 0 aliphatic rings. The van der Waals surface area contributed by atoms with Crippen molar-refractivity contribution in [3.8, 4) is 0 Å². The third-order valence-corrected chi connectivity index (χ3v) is 4.73. The van der Waals surface area contributed by atoms with Crippen molar-refractivity contribution in [2.75, 3.05) is 11.9 Å². The molecular weight excluding hydrogens is 426 g/mol. The van der Waals surface area contributed by atoms with Crippen molar-refractivity contribution in [1.29, 1.82) is 0 Å². The summed E-state index contributed by atoms with van der Waals surface area (Å²) < 4.78 is 11.0. The number of amides is 1. The fourth-order valence-corrected chi connectivity index (χ4v) is 2.85. The minimum absolute atomic E-state index is 0.0348. The fraction of sp³-hybridized carbons (Fsp3) is 0.286. The highest BCUT2D eigenvalue weighted by Gasteiger charge is 2.13. The zero-order valence-corrected chi connectivity index (χ0v) is 17.6. The van der Waals surface area contributed by atoms with Gasteiger partial charge in [0.25, 0.3) is 0 Å². The van der Waals surface area contributed by atoms with E-state index in [-0.39, 0.29) is 12.5 Å². The molecule has 7 heteroatoms. The molecule has 2 aromatic rings. The van der Waals surface area contributed by atoms with Crippen molar-refractivity contribution in [3.63, 3.8) is 0 Å². The van der Waals surface area contributed by atoms with Crippen LogP contribution in [0.1, 0.15) is 52.1 Å². The topological polar surface area (TPSA) is 81.7 Å². The number of aryl methyl sites for hydroxylation is 1. The van der Waals surface area contributed by atoms with E-state index >= 15 is 0 Å². The molecule has 0 aromatic heterocycles. The molecule has 0 atom stereocenters. The van der Waals surface area contributed by atoms with Gasteiger partial charge in [0, 0.05) is 22.1 Å². The quantitative estimate of drug-likeness (QED) is 0.625. The Labute approximate surface area is 172 Å². The van der Waals surface area contributed by atoms with Crippen LogP contribution in [0.15, 0.2) is 40.9 Å². The van der Waals surface area contributed by atoms with E-state index in [0.717, 1.165) is 5.56 Å². The van der Waals surface area contributed by atoms with Crippen LogP contribution >= 0.6 is 15.9 Å². The van der Waals surface area contributed by atoms with E-state index in [1.54, 1.807) is 50.2 Å². The molecule has 0 saturated heterocycles. The molecule has 148 valence electrons. The Kier molecular flexibility index (Phi) is 7.75. The lowest BCUT2D eigenvalue weighted by atomic mass is 10.1. The van der Waals surface area contributed by atoms with Gasteiger partial charge >= 0.3 is 11.9 Å². The SMILES string of the molecule is CCOC(=O)c1ccc(COC(=O)c2ccc(C)c(NC(=O)CC)c2)c(Br)c1. The van der Waals surface area contributed by atoms with Crippen LogP contribution in [0.3, 0.4) is 0 Å². The average Bonchev–Trinajstić information content (AvgIpc) is 2.68. The molecule has 2 aromatic carbocycles. The van der Waals surface area contributed by atoms with Crippen molar-refractivity contribution in [1.82, 2.24) is 0 Å². The molecule has 0 aliphatic carbocycles. The monoisotopic (exact) mass is 447 g/mol. The lowest BCUT2D eigenvalue weighted by Gasteiger charge is -2.11. The van der Waals surface area contributed by atoms with E-state index in [2.05, 4.69) is 21.2 Å². The predicted molar refractivity (Wildman–Crippen MR) is 109 cm³/mol. The molecule has 1 amide bonds. The highest BCUT2D eigenvalue weighted by atomic mass is 79.9. The predicted octanol–water partition coefficient (Wildman–Crippen LogP) is 4.64. The first-order valence-corrected chi connectivity index (χ1v) is 9.68. The molecule has 6 nitrogen and oxygen atoms in total. The van der Waals surface area contributed by atoms with Gasteiger partial charge in [-0.3, -0.25) is 4.79 Å². The summed E-state index contributed by atoms with van der Waals surface area (Å²) in [6.07, 6.45) is 0.351. The Balaban J connectivity index is 2.07. The van der Waals surface area contributed by atoms with E-state index in [0.29, 0.717) is 39.9 Å². The van der Waals surface area contributed by atoms with Crippen LogP contribution in [0, 0.1) is 6.92 Å². The second-order valence-electron chi connectivity index (χ2n) is 6.03. The Morgan fingerprint density at radius 2 is 1.61 bits per heavy atom. The molecule has 0 aliphatic heterocycles. The highest BCUT2D eigenvalue weighted by molar-refractivity contribution is 9.10. The number of rotatable bonds is 7. The smallest absolute Gasteiger partial charge is 0.338 e. The molecule has 28 heavy (non-hydrogen) atoms. The van der Waals surface area contributed by atoms with Crippen molar-refractivity contribution in [3.05, 3.63) is 63.1 Å². The average molecular weight is 448 g/mol. The summed E-state index contributed by atoms with van der Waals surface area (Å²) in [6.45, 7) is 5.68. The molecule has 0 radical (unpaired) electrons. The second kappa shape index (κ2) is 10.0. The summed E-state index contributed by atoms with van der Waals surface area (Å²) in [4.78, 5) is 35.8. The molecule has 0 unspecified atom stereocenters. The lowest BCUT2D eigenvalue weighted by molar-refractivity contribution is -0.115. The molecule has 0 heterocycles. The van der Waals surface area contributed by atoms with E-state index in [1.165, 1.54) is 0 Å². The number of benzene rings is 2. The van der Waals surface area contributed by atoms with Crippen molar-refractivity contribution in [2.45, 2.75) is 33.8 Å². The third-order valence-electron chi connectivity index (χ3n) is 3.99. The summed E-state index contributed by atoms with van der Waals surface area (Å²) in [5, 5.41) is 2.77. The second-order valence-corrected chi connectivity index (χ2v) is 6.89. The standard InChI is InChI=1S/C21H22BrNO5/c1-4-19(24)23-18-11-15(7-6-13(18)3)21(26)28-12-16-9-8-14(10-17(16)22)20(25)27-5-2/h6-11H,4-5,12H2,1-3H3,(H,23,24). The van der Waals surface area contributed by atoms with E-state index in [9.17, 15) is 14.4 Å². The molecule has 0 fully saturated rings. The zero-order chi connectivity index (χ0) is 20.7.